The number of hydrogen-bond donors (Lipinski definition) is 1. The molecule has 20 heavy (non-hydrogen) atoms. The standard InChI is InChI=1S/C17H28N2S/c1-13(2)9-18-10-17-8-16(15(4)20-17)12-19-7-5-6-14(3)11-19/h6,8,13,18H,5,7,9-12H2,1-4H3. The second-order valence-corrected chi connectivity index (χ2v) is 7.71. The van der Waals surface area contributed by atoms with Crippen molar-refractivity contribution in [2.75, 3.05) is 19.6 Å². The van der Waals surface area contributed by atoms with Crippen molar-refractivity contribution < 1.29 is 0 Å². The maximum Gasteiger partial charge on any atom is 0.0300 e. The molecule has 1 aliphatic rings. The van der Waals surface area contributed by atoms with Crippen LogP contribution >= 0.6 is 11.3 Å². The first-order chi connectivity index (χ1) is 9.54. The Bertz CT molecular complexity index is 460. The van der Waals surface area contributed by atoms with E-state index in [4.69, 9.17) is 0 Å². The van der Waals surface area contributed by atoms with E-state index in [-0.39, 0.29) is 0 Å². The molecule has 0 aromatic carbocycles. The van der Waals surface area contributed by atoms with Gasteiger partial charge in [0, 0.05) is 35.9 Å². The summed E-state index contributed by atoms with van der Waals surface area (Å²) in [7, 11) is 0. The zero-order valence-electron chi connectivity index (χ0n) is 13.3. The SMILES string of the molecule is CC1=CCCN(Cc2cc(CNCC(C)C)sc2C)C1. The van der Waals surface area contributed by atoms with Crippen LogP contribution < -0.4 is 5.32 Å². The molecule has 1 aromatic heterocycles. The lowest BCUT2D eigenvalue weighted by atomic mass is 10.1. The van der Waals surface area contributed by atoms with Crippen molar-refractivity contribution in [1.82, 2.24) is 10.2 Å². The van der Waals surface area contributed by atoms with Gasteiger partial charge in [0.1, 0.15) is 0 Å². The number of aryl methyl sites for hydroxylation is 1. The van der Waals surface area contributed by atoms with Crippen LogP contribution in [0.2, 0.25) is 0 Å². The molecule has 1 aromatic rings. The topological polar surface area (TPSA) is 15.3 Å². The van der Waals surface area contributed by atoms with Gasteiger partial charge in [0.05, 0.1) is 0 Å². The highest BCUT2D eigenvalue weighted by atomic mass is 32.1. The summed E-state index contributed by atoms with van der Waals surface area (Å²) in [5, 5.41) is 3.54. The van der Waals surface area contributed by atoms with Crippen LogP contribution in [-0.2, 0) is 13.1 Å². The van der Waals surface area contributed by atoms with Crippen LogP contribution in [0.15, 0.2) is 17.7 Å². The van der Waals surface area contributed by atoms with Crippen molar-refractivity contribution in [3.8, 4) is 0 Å². The second-order valence-electron chi connectivity index (χ2n) is 6.37. The summed E-state index contributed by atoms with van der Waals surface area (Å²) in [6.45, 7) is 14.6. The van der Waals surface area contributed by atoms with E-state index in [2.05, 4.69) is 50.1 Å². The van der Waals surface area contributed by atoms with E-state index in [0.717, 1.165) is 32.1 Å². The molecule has 2 heterocycles. The first-order valence-electron chi connectivity index (χ1n) is 7.71. The molecule has 0 radical (unpaired) electrons. The molecule has 2 rings (SSSR count). The minimum atomic E-state index is 0.721. The molecule has 0 aliphatic carbocycles. The Kier molecular flexibility index (Phi) is 5.82. The van der Waals surface area contributed by atoms with Crippen LogP contribution in [0, 0.1) is 12.8 Å². The van der Waals surface area contributed by atoms with Crippen molar-refractivity contribution in [3.63, 3.8) is 0 Å². The molecule has 0 spiro atoms. The molecule has 2 nitrogen and oxygen atoms in total. The molecule has 0 atom stereocenters. The zero-order valence-corrected chi connectivity index (χ0v) is 14.1. The van der Waals surface area contributed by atoms with E-state index in [1.807, 2.05) is 11.3 Å². The Labute approximate surface area is 127 Å². The summed E-state index contributed by atoms with van der Waals surface area (Å²) in [5.41, 5.74) is 3.04. The van der Waals surface area contributed by atoms with Crippen molar-refractivity contribution in [2.24, 2.45) is 5.92 Å². The highest BCUT2D eigenvalue weighted by Crippen LogP contribution is 2.24. The fourth-order valence-electron chi connectivity index (χ4n) is 2.68. The Morgan fingerprint density at radius 3 is 2.85 bits per heavy atom. The van der Waals surface area contributed by atoms with Crippen LogP contribution in [0.3, 0.4) is 0 Å². The summed E-state index contributed by atoms with van der Waals surface area (Å²) in [4.78, 5) is 5.52. The molecule has 0 amide bonds. The maximum atomic E-state index is 3.54. The Morgan fingerprint density at radius 2 is 2.15 bits per heavy atom. The second kappa shape index (κ2) is 7.39. The largest absolute Gasteiger partial charge is 0.312 e. The molecule has 0 unspecified atom stereocenters. The minimum absolute atomic E-state index is 0.721. The molecular formula is C17H28N2S. The highest BCUT2D eigenvalue weighted by Gasteiger charge is 2.13. The summed E-state index contributed by atoms with van der Waals surface area (Å²) in [6.07, 6.45) is 3.58. The third kappa shape index (κ3) is 4.72. The van der Waals surface area contributed by atoms with Crippen LogP contribution in [0.5, 0.6) is 0 Å². The van der Waals surface area contributed by atoms with Crippen LogP contribution in [0.4, 0.5) is 0 Å². The quantitative estimate of drug-likeness (QED) is 0.799. The summed E-state index contributed by atoms with van der Waals surface area (Å²) >= 11 is 1.95. The first kappa shape index (κ1) is 15.7. The molecule has 1 N–H and O–H groups in total. The molecule has 3 heteroatoms. The van der Waals surface area contributed by atoms with Gasteiger partial charge < -0.3 is 5.32 Å². The van der Waals surface area contributed by atoms with Gasteiger partial charge in [-0.15, -0.1) is 11.3 Å². The van der Waals surface area contributed by atoms with E-state index >= 15 is 0 Å². The molecule has 0 fully saturated rings. The van der Waals surface area contributed by atoms with Gasteiger partial charge in [-0.2, -0.15) is 0 Å². The third-order valence-corrected chi connectivity index (χ3v) is 4.82. The molecule has 0 saturated heterocycles. The lowest BCUT2D eigenvalue weighted by Gasteiger charge is -2.25. The van der Waals surface area contributed by atoms with Gasteiger partial charge >= 0.3 is 0 Å². The monoisotopic (exact) mass is 292 g/mol. The minimum Gasteiger partial charge on any atom is -0.312 e. The van der Waals surface area contributed by atoms with Gasteiger partial charge in [-0.05, 0) is 44.4 Å². The number of hydrogen-bond acceptors (Lipinski definition) is 3. The summed E-state index contributed by atoms with van der Waals surface area (Å²) in [5.74, 6) is 0.721. The lowest BCUT2D eigenvalue weighted by molar-refractivity contribution is 0.282. The van der Waals surface area contributed by atoms with Crippen molar-refractivity contribution in [2.45, 2.75) is 47.2 Å². The number of rotatable bonds is 6. The fourth-order valence-corrected chi connectivity index (χ4v) is 3.70. The Hall–Kier alpha value is -0.640. The fraction of sp³-hybridized carbons (Fsp3) is 0.647. The molecule has 0 bridgehead atoms. The van der Waals surface area contributed by atoms with Crippen molar-refractivity contribution >= 4 is 11.3 Å². The molecule has 1 aliphatic heterocycles. The van der Waals surface area contributed by atoms with Gasteiger partial charge in [-0.1, -0.05) is 25.5 Å². The van der Waals surface area contributed by atoms with Gasteiger partial charge in [-0.3, -0.25) is 4.90 Å². The van der Waals surface area contributed by atoms with Gasteiger partial charge in [0.15, 0.2) is 0 Å². The predicted octanol–water partition coefficient (Wildman–Crippen LogP) is 3.95. The third-order valence-electron chi connectivity index (χ3n) is 3.73. The van der Waals surface area contributed by atoms with Crippen LogP contribution in [0.25, 0.3) is 0 Å². The lowest BCUT2D eigenvalue weighted by Crippen LogP contribution is -2.28. The summed E-state index contributed by atoms with van der Waals surface area (Å²) in [6, 6.07) is 2.40. The molecule has 0 saturated carbocycles. The van der Waals surface area contributed by atoms with Crippen LogP contribution in [0.1, 0.15) is 42.5 Å². The normalized spacial score (nSPS) is 16.8. The van der Waals surface area contributed by atoms with Gasteiger partial charge in [-0.25, -0.2) is 0 Å². The number of nitrogens with zero attached hydrogens (tertiary/aromatic N) is 1. The van der Waals surface area contributed by atoms with E-state index in [0.29, 0.717) is 0 Å². The smallest absolute Gasteiger partial charge is 0.0300 e. The Morgan fingerprint density at radius 1 is 1.35 bits per heavy atom. The van der Waals surface area contributed by atoms with Crippen molar-refractivity contribution in [3.05, 3.63) is 33.0 Å². The first-order valence-corrected chi connectivity index (χ1v) is 8.53. The van der Waals surface area contributed by atoms with Crippen LogP contribution in [-0.4, -0.2) is 24.5 Å². The number of nitrogens with one attached hydrogen (secondary N) is 1. The average Bonchev–Trinajstić information content (AvgIpc) is 2.69. The van der Waals surface area contributed by atoms with E-state index in [1.54, 1.807) is 0 Å². The van der Waals surface area contributed by atoms with E-state index in [9.17, 15) is 0 Å². The van der Waals surface area contributed by atoms with E-state index < -0.39 is 0 Å². The van der Waals surface area contributed by atoms with E-state index in [1.165, 1.54) is 33.9 Å². The van der Waals surface area contributed by atoms with Gasteiger partial charge in [0.25, 0.3) is 0 Å². The maximum absolute atomic E-state index is 3.54. The molecular weight excluding hydrogens is 264 g/mol. The summed E-state index contributed by atoms with van der Waals surface area (Å²) < 4.78 is 0. The van der Waals surface area contributed by atoms with Crippen molar-refractivity contribution in [1.29, 1.82) is 0 Å². The number of thiophene rings is 1. The molecule has 112 valence electrons. The Balaban J connectivity index is 1.89. The predicted molar refractivity (Wildman–Crippen MR) is 89.3 cm³/mol. The average molecular weight is 292 g/mol. The van der Waals surface area contributed by atoms with Gasteiger partial charge in [0.2, 0.25) is 0 Å². The zero-order chi connectivity index (χ0) is 14.5. The highest BCUT2D eigenvalue weighted by molar-refractivity contribution is 7.12.